The first-order chi connectivity index (χ1) is 13.2. The third-order valence-corrected chi connectivity index (χ3v) is 5.42. The van der Waals surface area contributed by atoms with Crippen LogP contribution in [0, 0.1) is 0 Å². The van der Waals surface area contributed by atoms with Crippen LogP contribution < -0.4 is 4.90 Å². The van der Waals surface area contributed by atoms with Crippen LogP contribution in [0.2, 0.25) is 0 Å². The molecule has 2 aromatic heterocycles. The van der Waals surface area contributed by atoms with E-state index in [-0.39, 0.29) is 6.10 Å². The van der Waals surface area contributed by atoms with E-state index in [0.717, 1.165) is 56.2 Å². The number of allylic oxidation sites excluding steroid dienone is 1. The van der Waals surface area contributed by atoms with E-state index in [9.17, 15) is 0 Å². The molecule has 1 aliphatic rings. The van der Waals surface area contributed by atoms with Crippen LogP contribution in [0.15, 0.2) is 43.1 Å². The molecular weight excluding hydrogens is 338 g/mol. The van der Waals surface area contributed by atoms with Crippen molar-refractivity contribution in [3.05, 3.63) is 43.1 Å². The number of nitrogens with zero attached hydrogens (tertiary/aromatic N) is 5. The Kier molecular flexibility index (Phi) is 4.99. The first-order valence-corrected chi connectivity index (χ1v) is 9.59. The van der Waals surface area contributed by atoms with E-state index in [2.05, 4.69) is 68.3 Å². The van der Waals surface area contributed by atoms with Crippen molar-refractivity contribution in [1.29, 1.82) is 0 Å². The quantitative estimate of drug-likeness (QED) is 0.474. The van der Waals surface area contributed by atoms with Gasteiger partial charge in [-0.1, -0.05) is 24.3 Å². The van der Waals surface area contributed by atoms with Crippen molar-refractivity contribution in [3.63, 3.8) is 0 Å². The lowest BCUT2D eigenvalue weighted by Gasteiger charge is -2.19. The van der Waals surface area contributed by atoms with E-state index < -0.39 is 0 Å². The summed E-state index contributed by atoms with van der Waals surface area (Å²) < 4.78 is 9.96. The Morgan fingerprint density at radius 2 is 2.15 bits per heavy atom. The number of aryl methyl sites for hydroxylation is 1. The summed E-state index contributed by atoms with van der Waals surface area (Å²) >= 11 is 0. The molecule has 142 valence electrons. The third-order valence-electron chi connectivity index (χ3n) is 5.42. The van der Waals surface area contributed by atoms with Gasteiger partial charge < -0.3 is 14.2 Å². The van der Waals surface area contributed by atoms with E-state index in [4.69, 9.17) is 4.74 Å². The van der Waals surface area contributed by atoms with Gasteiger partial charge in [0.1, 0.15) is 0 Å². The van der Waals surface area contributed by atoms with Crippen molar-refractivity contribution >= 4 is 16.9 Å². The molecule has 3 aromatic rings. The van der Waals surface area contributed by atoms with Crippen LogP contribution in [0.4, 0.5) is 5.95 Å². The van der Waals surface area contributed by atoms with Crippen molar-refractivity contribution in [3.8, 4) is 11.4 Å². The molecule has 1 saturated heterocycles. The molecule has 0 amide bonds. The van der Waals surface area contributed by atoms with Crippen LogP contribution in [0.25, 0.3) is 22.3 Å². The van der Waals surface area contributed by atoms with E-state index in [1.165, 1.54) is 10.9 Å². The molecule has 6 heteroatoms. The predicted octanol–water partition coefficient (Wildman–Crippen LogP) is 3.63. The van der Waals surface area contributed by atoms with Crippen molar-refractivity contribution in [1.82, 2.24) is 19.3 Å². The summed E-state index contributed by atoms with van der Waals surface area (Å²) in [5, 5.41) is 10.4. The highest BCUT2D eigenvalue weighted by atomic mass is 16.5. The standard InChI is InChI=1S/C21H27N5O/c1-4-5-8-12-26-20(18-15-24(2)19-10-7-6-9-17(18)19)22-23-21(26)25-13-11-16(14-25)27-3/h4,6-7,9-10,15-16H,1,5,8,11-14H2,2-3H3/t16-/m0/s1. The Hall–Kier alpha value is -2.60. The Morgan fingerprint density at radius 3 is 2.93 bits per heavy atom. The van der Waals surface area contributed by atoms with Gasteiger partial charge in [0.25, 0.3) is 0 Å². The summed E-state index contributed by atoms with van der Waals surface area (Å²) in [5.74, 6) is 1.88. The lowest BCUT2D eigenvalue weighted by molar-refractivity contribution is 0.121. The van der Waals surface area contributed by atoms with Crippen molar-refractivity contribution in [2.75, 3.05) is 25.1 Å². The highest BCUT2D eigenvalue weighted by molar-refractivity contribution is 5.94. The maximum absolute atomic E-state index is 5.54. The fourth-order valence-electron chi connectivity index (χ4n) is 3.95. The largest absolute Gasteiger partial charge is 0.380 e. The molecule has 3 heterocycles. The lowest BCUT2D eigenvalue weighted by atomic mass is 10.1. The second kappa shape index (κ2) is 7.56. The Balaban J connectivity index is 1.76. The summed E-state index contributed by atoms with van der Waals surface area (Å²) in [5.41, 5.74) is 2.34. The summed E-state index contributed by atoms with van der Waals surface area (Å²) in [7, 11) is 3.86. The van der Waals surface area contributed by atoms with Gasteiger partial charge in [0.15, 0.2) is 5.82 Å². The average Bonchev–Trinajstić information content (AvgIpc) is 3.39. The lowest BCUT2D eigenvalue weighted by Crippen LogP contribution is -2.25. The molecule has 27 heavy (non-hydrogen) atoms. The number of benzene rings is 1. The zero-order valence-electron chi connectivity index (χ0n) is 16.1. The minimum atomic E-state index is 0.268. The second-order valence-electron chi connectivity index (χ2n) is 7.17. The topological polar surface area (TPSA) is 48.1 Å². The van der Waals surface area contributed by atoms with Crippen LogP contribution in [0.3, 0.4) is 0 Å². The van der Waals surface area contributed by atoms with Gasteiger partial charge in [0, 0.05) is 56.5 Å². The Morgan fingerprint density at radius 1 is 1.30 bits per heavy atom. The minimum Gasteiger partial charge on any atom is -0.380 e. The highest BCUT2D eigenvalue weighted by Gasteiger charge is 2.28. The van der Waals surface area contributed by atoms with Crippen molar-refractivity contribution in [2.45, 2.75) is 31.9 Å². The number of methoxy groups -OCH3 is 1. The molecule has 1 fully saturated rings. The van der Waals surface area contributed by atoms with Gasteiger partial charge in [-0.15, -0.1) is 16.8 Å². The van der Waals surface area contributed by atoms with Crippen LogP contribution in [0.1, 0.15) is 19.3 Å². The van der Waals surface area contributed by atoms with Crippen LogP contribution in [-0.2, 0) is 18.3 Å². The Bertz CT molecular complexity index is 941. The number of fused-ring (bicyclic) bond motifs is 1. The minimum absolute atomic E-state index is 0.268. The summed E-state index contributed by atoms with van der Waals surface area (Å²) in [6.45, 7) is 6.55. The van der Waals surface area contributed by atoms with Gasteiger partial charge in [0.2, 0.25) is 5.95 Å². The zero-order chi connectivity index (χ0) is 18.8. The molecule has 0 aliphatic carbocycles. The molecule has 0 spiro atoms. The van der Waals surface area contributed by atoms with Gasteiger partial charge in [-0.05, 0) is 25.3 Å². The third kappa shape index (κ3) is 3.25. The maximum Gasteiger partial charge on any atom is 0.227 e. The number of aromatic nitrogens is 4. The van der Waals surface area contributed by atoms with Gasteiger partial charge >= 0.3 is 0 Å². The number of ether oxygens (including phenoxy) is 1. The molecular formula is C21H27N5O. The summed E-state index contributed by atoms with van der Waals surface area (Å²) in [6, 6.07) is 8.45. The molecule has 0 radical (unpaired) electrons. The maximum atomic E-state index is 5.54. The molecule has 0 bridgehead atoms. The van der Waals surface area contributed by atoms with Crippen LogP contribution >= 0.6 is 0 Å². The first-order valence-electron chi connectivity index (χ1n) is 9.59. The number of anilines is 1. The van der Waals surface area contributed by atoms with Gasteiger partial charge in [-0.25, -0.2) is 0 Å². The van der Waals surface area contributed by atoms with E-state index in [1.807, 2.05) is 6.08 Å². The fraction of sp³-hybridized carbons (Fsp3) is 0.429. The first kappa shape index (κ1) is 17.8. The molecule has 0 saturated carbocycles. The molecule has 6 nitrogen and oxygen atoms in total. The van der Waals surface area contributed by atoms with Gasteiger partial charge in [-0.2, -0.15) is 0 Å². The van der Waals surface area contributed by atoms with Gasteiger partial charge in [-0.3, -0.25) is 4.57 Å². The molecule has 1 aromatic carbocycles. The molecule has 0 N–H and O–H groups in total. The normalized spacial score (nSPS) is 17.1. The highest BCUT2D eigenvalue weighted by Crippen LogP contribution is 2.32. The van der Waals surface area contributed by atoms with Crippen molar-refractivity contribution in [2.24, 2.45) is 7.05 Å². The van der Waals surface area contributed by atoms with Crippen LogP contribution in [0.5, 0.6) is 0 Å². The molecule has 0 unspecified atom stereocenters. The van der Waals surface area contributed by atoms with Gasteiger partial charge in [0.05, 0.1) is 6.10 Å². The summed E-state index contributed by atoms with van der Waals surface area (Å²) in [4.78, 5) is 2.30. The number of unbranched alkanes of at least 4 members (excludes halogenated alkanes) is 1. The van der Waals surface area contributed by atoms with E-state index >= 15 is 0 Å². The molecule has 1 atom stereocenters. The average molecular weight is 365 g/mol. The number of hydrogen-bond acceptors (Lipinski definition) is 4. The zero-order valence-corrected chi connectivity index (χ0v) is 16.1. The molecule has 4 rings (SSSR count). The SMILES string of the molecule is C=CCCCn1c(-c2cn(C)c3ccccc23)nnc1N1CC[C@H](OC)C1. The van der Waals surface area contributed by atoms with Crippen LogP contribution in [-0.4, -0.2) is 45.6 Å². The van der Waals surface area contributed by atoms with E-state index in [1.54, 1.807) is 7.11 Å². The number of para-hydroxylation sites is 1. The predicted molar refractivity (Wildman–Crippen MR) is 109 cm³/mol. The van der Waals surface area contributed by atoms with Crippen molar-refractivity contribution < 1.29 is 4.74 Å². The second-order valence-corrected chi connectivity index (χ2v) is 7.17. The Labute approximate surface area is 160 Å². The number of rotatable bonds is 7. The molecule has 1 aliphatic heterocycles. The fourth-order valence-corrected chi connectivity index (χ4v) is 3.95. The monoisotopic (exact) mass is 365 g/mol. The summed E-state index contributed by atoms with van der Waals surface area (Å²) in [6.07, 6.45) is 7.42. The smallest absolute Gasteiger partial charge is 0.227 e. The number of hydrogen-bond donors (Lipinski definition) is 0. The van der Waals surface area contributed by atoms with E-state index in [0.29, 0.717) is 0 Å².